The molecule has 0 unspecified atom stereocenters. The minimum Gasteiger partial charge on any atom is -0.360 e. The first-order valence-corrected chi connectivity index (χ1v) is 9.31. The number of aryl methyl sites for hydroxylation is 1. The number of rotatable bonds is 5. The van der Waals surface area contributed by atoms with E-state index in [0.717, 1.165) is 30.7 Å². The van der Waals surface area contributed by atoms with Crippen molar-refractivity contribution in [3.05, 3.63) is 47.8 Å². The van der Waals surface area contributed by atoms with Crippen LogP contribution in [-0.2, 0) is 16.6 Å². The molecule has 5 heteroatoms. The van der Waals surface area contributed by atoms with Crippen LogP contribution in [0, 0.1) is 0 Å². The summed E-state index contributed by atoms with van der Waals surface area (Å²) >= 11 is 0. The molecule has 2 N–H and O–H groups in total. The maximum absolute atomic E-state index is 5.72. The van der Waals surface area contributed by atoms with Gasteiger partial charge in [0.25, 0.3) is 0 Å². The van der Waals surface area contributed by atoms with E-state index in [0.29, 0.717) is 12.0 Å². The Morgan fingerprint density at radius 3 is 2.35 bits per heavy atom. The van der Waals surface area contributed by atoms with Crippen molar-refractivity contribution in [3.63, 3.8) is 0 Å². The first-order valence-electron chi connectivity index (χ1n) is 9.31. The van der Waals surface area contributed by atoms with Crippen LogP contribution in [0.5, 0.6) is 0 Å². The summed E-state index contributed by atoms with van der Waals surface area (Å²) in [4.78, 5) is 8.84. The van der Waals surface area contributed by atoms with Crippen LogP contribution in [0.1, 0.15) is 52.2 Å². The lowest BCUT2D eigenvalue weighted by Crippen LogP contribution is -2.38. The van der Waals surface area contributed by atoms with Crippen molar-refractivity contribution in [2.75, 3.05) is 11.9 Å². The lowest BCUT2D eigenvalue weighted by atomic mass is 9.89. The van der Waals surface area contributed by atoms with Gasteiger partial charge in [-0.15, -0.1) is 0 Å². The molecule has 1 atom stereocenters. The van der Waals surface area contributed by atoms with Crippen molar-refractivity contribution < 1.29 is 4.74 Å². The molecule has 1 aliphatic heterocycles. The molecule has 0 amide bonds. The predicted molar refractivity (Wildman–Crippen MR) is 106 cm³/mol. The monoisotopic (exact) mass is 354 g/mol. The Balaban J connectivity index is 1.53. The lowest BCUT2D eigenvalue weighted by Gasteiger charge is -2.18. The Labute approximate surface area is 156 Å². The topological polar surface area (TPSA) is 59.1 Å². The van der Waals surface area contributed by atoms with Gasteiger partial charge in [-0.2, -0.15) is 0 Å². The second-order valence-corrected chi connectivity index (χ2v) is 8.57. The fraction of sp³-hybridized carbons (Fsp3) is 0.524. The molecule has 2 heterocycles. The van der Waals surface area contributed by atoms with Crippen LogP contribution in [-0.4, -0.2) is 28.3 Å². The van der Waals surface area contributed by atoms with Crippen molar-refractivity contribution in [1.82, 2.24) is 15.3 Å². The molecule has 0 aliphatic carbocycles. The standard InChI is InChI=1S/C21H30N4O/c1-20(2,3)16-12-22-19(23-13-16)24-17-9-6-15(7-10-17)8-11-18-14-26-21(4,5)25-18/h6-7,9-10,12-13,18,25H,8,11,14H2,1-5H3,(H,22,23,24)/t18-/m0/s1. The molecule has 0 spiro atoms. The molecule has 1 aliphatic rings. The molecule has 1 saturated heterocycles. The van der Waals surface area contributed by atoms with Crippen LogP contribution in [0.3, 0.4) is 0 Å². The van der Waals surface area contributed by atoms with Gasteiger partial charge in [-0.25, -0.2) is 9.97 Å². The Morgan fingerprint density at radius 2 is 1.81 bits per heavy atom. The van der Waals surface area contributed by atoms with Gasteiger partial charge in [-0.3, -0.25) is 5.32 Å². The summed E-state index contributed by atoms with van der Waals surface area (Å²) in [7, 11) is 0. The highest BCUT2D eigenvalue weighted by atomic mass is 16.5. The Morgan fingerprint density at radius 1 is 1.15 bits per heavy atom. The molecular formula is C21H30N4O. The second-order valence-electron chi connectivity index (χ2n) is 8.57. The van der Waals surface area contributed by atoms with E-state index >= 15 is 0 Å². The summed E-state index contributed by atoms with van der Waals surface area (Å²) in [6.07, 6.45) is 5.89. The highest BCUT2D eigenvalue weighted by Crippen LogP contribution is 2.22. The molecule has 0 radical (unpaired) electrons. The first kappa shape index (κ1) is 18.8. The molecule has 3 rings (SSSR count). The number of hydrogen-bond donors (Lipinski definition) is 2. The smallest absolute Gasteiger partial charge is 0.227 e. The van der Waals surface area contributed by atoms with E-state index in [1.165, 1.54) is 5.56 Å². The van der Waals surface area contributed by atoms with E-state index in [1.54, 1.807) is 0 Å². The summed E-state index contributed by atoms with van der Waals surface area (Å²) in [5.41, 5.74) is 3.33. The highest BCUT2D eigenvalue weighted by molar-refractivity contribution is 5.53. The highest BCUT2D eigenvalue weighted by Gasteiger charge is 2.30. The zero-order valence-corrected chi connectivity index (χ0v) is 16.5. The number of ether oxygens (including phenoxy) is 1. The van der Waals surface area contributed by atoms with Crippen molar-refractivity contribution in [1.29, 1.82) is 0 Å². The third kappa shape index (κ3) is 5.02. The number of benzene rings is 1. The minimum atomic E-state index is -0.193. The normalized spacial score (nSPS) is 19.5. The molecule has 1 aromatic heterocycles. The summed E-state index contributed by atoms with van der Waals surface area (Å²) in [6.45, 7) is 11.4. The van der Waals surface area contributed by atoms with Gasteiger partial charge in [-0.1, -0.05) is 32.9 Å². The van der Waals surface area contributed by atoms with E-state index in [9.17, 15) is 0 Å². The third-order valence-corrected chi connectivity index (χ3v) is 4.71. The van der Waals surface area contributed by atoms with E-state index in [2.05, 4.69) is 79.5 Å². The molecule has 1 aromatic carbocycles. The Hall–Kier alpha value is -1.98. The summed E-state index contributed by atoms with van der Waals surface area (Å²) in [6, 6.07) is 8.91. The van der Waals surface area contributed by atoms with Gasteiger partial charge >= 0.3 is 0 Å². The zero-order chi connectivity index (χ0) is 18.8. The number of anilines is 2. The van der Waals surface area contributed by atoms with Gasteiger partial charge in [0.15, 0.2) is 0 Å². The predicted octanol–water partition coefficient (Wildman–Crippen LogP) is 4.17. The minimum absolute atomic E-state index is 0.0641. The van der Waals surface area contributed by atoms with E-state index in [4.69, 9.17) is 4.74 Å². The maximum atomic E-state index is 5.72. The van der Waals surface area contributed by atoms with Gasteiger partial charge in [0.05, 0.1) is 6.61 Å². The average molecular weight is 354 g/mol. The molecule has 0 bridgehead atoms. The molecule has 2 aromatic rings. The number of nitrogens with one attached hydrogen (secondary N) is 2. The fourth-order valence-corrected chi connectivity index (χ4v) is 3.04. The Kier molecular flexibility index (Phi) is 5.30. The zero-order valence-electron chi connectivity index (χ0n) is 16.5. The Bertz CT molecular complexity index is 717. The van der Waals surface area contributed by atoms with Crippen molar-refractivity contribution in [2.45, 2.75) is 64.6 Å². The summed E-state index contributed by atoms with van der Waals surface area (Å²) in [5, 5.41) is 6.77. The van der Waals surface area contributed by atoms with Crippen molar-refractivity contribution in [2.24, 2.45) is 0 Å². The van der Waals surface area contributed by atoms with Crippen LogP contribution in [0.2, 0.25) is 0 Å². The average Bonchev–Trinajstić information content (AvgIpc) is 2.93. The van der Waals surface area contributed by atoms with E-state index < -0.39 is 0 Å². The van der Waals surface area contributed by atoms with Gasteiger partial charge in [0, 0.05) is 24.1 Å². The third-order valence-electron chi connectivity index (χ3n) is 4.71. The van der Waals surface area contributed by atoms with Crippen LogP contribution >= 0.6 is 0 Å². The molecule has 26 heavy (non-hydrogen) atoms. The molecule has 0 saturated carbocycles. The van der Waals surface area contributed by atoms with Crippen molar-refractivity contribution >= 4 is 11.6 Å². The van der Waals surface area contributed by atoms with Crippen LogP contribution in [0.15, 0.2) is 36.7 Å². The second kappa shape index (κ2) is 7.33. The van der Waals surface area contributed by atoms with Crippen LogP contribution < -0.4 is 10.6 Å². The fourth-order valence-electron chi connectivity index (χ4n) is 3.04. The first-order chi connectivity index (χ1) is 12.2. The number of aromatic nitrogens is 2. The largest absolute Gasteiger partial charge is 0.360 e. The van der Waals surface area contributed by atoms with E-state index in [1.807, 2.05) is 12.4 Å². The molecule has 5 nitrogen and oxygen atoms in total. The number of hydrogen-bond acceptors (Lipinski definition) is 5. The van der Waals surface area contributed by atoms with E-state index in [-0.39, 0.29) is 11.1 Å². The number of nitrogens with zero attached hydrogens (tertiary/aromatic N) is 2. The lowest BCUT2D eigenvalue weighted by molar-refractivity contribution is 0.0231. The summed E-state index contributed by atoms with van der Waals surface area (Å²) < 4.78 is 5.72. The summed E-state index contributed by atoms with van der Waals surface area (Å²) in [5.74, 6) is 0.625. The van der Waals surface area contributed by atoms with Crippen LogP contribution in [0.4, 0.5) is 11.6 Å². The molecule has 1 fully saturated rings. The maximum Gasteiger partial charge on any atom is 0.227 e. The van der Waals surface area contributed by atoms with Gasteiger partial charge in [0.2, 0.25) is 5.95 Å². The molecule has 140 valence electrons. The SMILES string of the molecule is CC1(C)N[C@@H](CCc2ccc(Nc3ncc(C(C)(C)C)cn3)cc2)CO1. The van der Waals surface area contributed by atoms with Crippen molar-refractivity contribution in [3.8, 4) is 0 Å². The van der Waals surface area contributed by atoms with Gasteiger partial charge < -0.3 is 10.1 Å². The van der Waals surface area contributed by atoms with Crippen LogP contribution in [0.25, 0.3) is 0 Å². The van der Waals surface area contributed by atoms with Gasteiger partial charge in [0.1, 0.15) is 5.72 Å². The quantitative estimate of drug-likeness (QED) is 0.844. The van der Waals surface area contributed by atoms with Gasteiger partial charge in [-0.05, 0) is 55.4 Å². The molecular weight excluding hydrogens is 324 g/mol.